The van der Waals surface area contributed by atoms with Gasteiger partial charge in [0.15, 0.2) is 9.34 Å². The monoisotopic (exact) mass is 341 g/mol. The van der Waals surface area contributed by atoms with E-state index >= 15 is 0 Å². The molecule has 0 fully saturated rings. The van der Waals surface area contributed by atoms with Crippen LogP contribution in [0.5, 0.6) is 5.75 Å². The molecule has 0 aliphatic carbocycles. The van der Waals surface area contributed by atoms with E-state index in [0.717, 1.165) is 23.5 Å². The molecule has 0 aliphatic rings. The molecule has 8 heteroatoms. The summed E-state index contributed by atoms with van der Waals surface area (Å²) in [6.07, 6.45) is 2.17. The van der Waals surface area contributed by atoms with Gasteiger partial charge >= 0.3 is 0 Å². The molecule has 0 aliphatic heterocycles. The number of sulfonamides is 1. The number of benzene rings is 1. The highest BCUT2D eigenvalue weighted by Crippen LogP contribution is 2.24. The first kappa shape index (κ1) is 16.7. The zero-order valence-corrected chi connectivity index (χ0v) is 14.1. The third-order valence-corrected chi connectivity index (χ3v) is 5.67. The number of rotatable bonds is 7. The first-order valence-corrected chi connectivity index (χ1v) is 9.13. The molecule has 0 radical (unpaired) electrons. The molecular weight excluding hydrogens is 322 g/mol. The smallest absolute Gasteiger partial charge is 0.249 e. The highest BCUT2D eigenvalue weighted by atomic mass is 32.2. The zero-order valence-electron chi connectivity index (χ0n) is 12.4. The number of methoxy groups -OCH3 is 1. The summed E-state index contributed by atoms with van der Waals surface area (Å²) in [5.41, 5.74) is 1.23. The Balaban J connectivity index is 1.86. The van der Waals surface area contributed by atoms with Gasteiger partial charge in [-0.15, -0.1) is 0 Å². The lowest BCUT2D eigenvalue weighted by molar-refractivity contribution is 0.414. The summed E-state index contributed by atoms with van der Waals surface area (Å²) in [7, 11) is -2.02. The first-order chi connectivity index (χ1) is 10.4. The van der Waals surface area contributed by atoms with Crippen LogP contribution in [-0.4, -0.2) is 27.1 Å². The Bertz CT molecular complexity index is 711. The van der Waals surface area contributed by atoms with Crippen LogP contribution in [-0.2, 0) is 10.0 Å². The average molecular weight is 341 g/mol. The van der Waals surface area contributed by atoms with Crippen molar-refractivity contribution < 1.29 is 13.2 Å². The molecule has 1 unspecified atom stereocenters. The fourth-order valence-electron chi connectivity index (χ4n) is 1.97. The van der Waals surface area contributed by atoms with E-state index < -0.39 is 10.0 Å². The van der Waals surface area contributed by atoms with Gasteiger partial charge in [-0.05, 0) is 30.0 Å². The van der Waals surface area contributed by atoms with E-state index in [1.807, 2.05) is 24.3 Å². The fraction of sp³-hybridized carbons (Fsp3) is 0.357. The molecule has 6 nitrogen and oxygen atoms in total. The van der Waals surface area contributed by atoms with Gasteiger partial charge in [-0.3, -0.25) is 0 Å². The third-order valence-electron chi connectivity index (χ3n) is 3.30. The van der Waals surface area contributed by atoms with Gasteiger partial charge < -0.3 is 10.1 Å². The highest BCUT2D eigenvalue weighted by Gasteiger charge is 2.12. The highest BCUT2D eigenvalue weighted by molar-refractivity contribution is 7.91. The van der Waals surface area contributed by atoms with Crippen LogP contribution in [0.15, 0.2) is 34.7 Å². The molecule has 0 saturated heterocycles. The lowest BCUT2D eigenvalue weighted by Crippen LogP contribution is -2.10. The fourth-order valence-corrected chi connectivity index (χ4v) is 3.44. The van der Waals surface area contributed by atoms with Crippen LogP contribution in [0.1, 0.15) is 24.8 Å². The van der Waals surface area contributed by atoms with Crippen LogP contribution in [0, 0.1) is 0 Å². The van der Waals surface area contributed by atoms with Crippen molar-refractivity contribution in [3.8, 4) is 5.75 Å². The van der Waals surface area contributed by atoms with E-state index in [4.69, 9.17) is 9.88 Å². The van der Waals surface area contributed by atoms with Crippen LogP contribution in [0.4, 0.5) is 5.13 Å². The number of aromatic nitrogens is 1. The van der Waals surface area contributed by atoms with Crippen molar-refractivity contribution in [3.63, 3.8) is 0 Å². The minimum absolute atomic E-state index is 0.0678. The normalized spacial score (nSPS) is 12.9. The van der Waals surface area contributed by atoms with E-state index in [-0.39, 0.29) is 4.21 Å². The number of hydrogen-bond donors (Lipinski definition) is 2. The van der Waals surface area contributed by atoms with Crippen molar-refractivity contribution in [2.75, 3.05) is 19.0 Å². The Hall–Kier alpha value is -1.64. The van der Waals surface area contributed by atoms with E-state index in [1.54, 1.807) is 7.11 Å². The maximum Gasteiger partial charge on any atom is 0.249 e. The van der Waals surface area contributed by atoms with Crippen LogP contribution in [0.2, 0.25) is 0 Å². The topological polar surface area (TPSA) is 94.3 Å². The zero-order chi connectivity index (χ0) is 16.2. The third kappa shape index (κ3) is 4.43. The Kier molecular flexibility index (Phi) is 5.38. The molecule has 22 heavy (non-hydrogen) atoms. The number of nitrogens with one attached hydrogen (secondary N) is 1. The molecule has 120 valence electrons. The van der Waals surface area contributed by atoms with Crippen LogP contribution in [0.25, 0.3) is 0 Å². The van der Waals surface area contributed by atoms with E-state index in [1.165, 1.54) is 11.8 Å². The number of nitrogens with zero attached hydrogens (tertiary/aromatic N) is 1. The van der Waals surface area contributed by atoms with Gasteiger partial charge in [0.1, 0.15) is 5.75 Å². The van der Waals surface area contributed by atoms with E-state index in [0.29, 0.717) is 17.6 Å². The van der Waals surface area contributed by atoms with Crippen molar-refractivity contribution in [1.82, 2.24) is 4.98 Å². The summed E-state index contributed by atoms with van der Waals surface area (Å²) in [5.74, 6) is 1.21. The summed E-state index contributed by atoms with van der Waals surface area (Å²) in [4.78, 5) is 4.01. The summed E-state index contributed by atoms with van der Waals surface area (Å²) >= 11 is 1.04. The number of anilines is 1. The van der Waals surface area contributed by atoms with Crippen molar-refractivity contribution in [2.45, 2.75) is 23.5 Å². The Morgan fingerprint density at radius 2 is 2.05 bits per heavy atom. The molecule has 0 saturated carbocycles. The second-order valence-electron chi connectivity index (χ2n) is 4.92. The van der Waals surface area contributed by atoms with Crippen LogP contribution >= 0.6 is 11.3 Å². The predicted octanol–water partition coefficient (Wildman–Crippen LogP) is 2.40. The minimum Gasteiger partial charge on any atom is -0.497 e. The van der Waals surface area contributed by atoms with Gasteiger partial charge in [0.05, 0.1) is 13.3 Å². The van der Waals surface area contributed by atoms with Gasteiger partial charge in [0.2, 0.25) is 10.0 Å². The summed E-state index contributed by atoms with van der Waals surface area (Å²) in [5, 5.41) is 8.74. The van der Waals surface area contributed by atoms with Gasteiger partial charge in [-0.2, -0.15) is 0 Å². The van der Waals surface area contributed by atoms with Gasteiger partial charge in [0.25, 0.3) is 0 Å². The second-order valence-corrected chi connectivity index (χ2v) is 7.74. The molecule has 2 rings (SSSR count). The molecule has 0 amide bonds. The van der Waals surface area contributed by atoms with E-state index in [2.05, 4.69) is 17.2 Å². The average Bonchev–Trinajstić information content (AvgIpc) is 2.96. The van der Waals surface area contributed by atoms with Gasteiger partial charge in [-0.25, -0.2) is 18.5 Å². The largest absolute Gasteiger partial charge is 0.497 e. The predicted molar refractivity (Wildman–Crippen MR) is 88.0 cm³/mol. The number of nitrogens with two attached hydrogens (primary N) is 1. The molecule has 2 aromatic rings. The number of hydrogen-bond acceptors (Lipinski definition) is 6. The molecule has 1 heterocycles. The SMILES string of the molecule is COc1ccc(C(C)CCNc2ncc(S(N)(=O)=O)s2)cc1. The standard InChI is InChI=1S/C14H19N3O3S2/c1-10(11-3-5-12(20-2)6-4-11)7-8-16-14-17-9-13(21-14)22(15,18)19/h3-6,9-10H,7-8H2,1-2H3,(H,16,17)(H2,15,18,19). The van der Waals surface area contributed by atoms with Crippen molar-refractivity contribution >= 4 is 26.5 Å². The van der Waals surface area contributed by atoms with Crippen molar-refractivity contribution in [1.29, 1.82) is 0 Å². The van der Waals surface area contributed by atoms with Crippen LogP contribution in [0.3, 0.4) is 0 Å². The Morgan fingerprint density at radius 3 is 2.59 bits per heavy atom. The molecule has 3 N–H and O–H groups in total. The molecule has 0 bridgehead atoms. The summed E-state index contributed by atoms with van der Waals surface area (Å²) < 4.78 is 27.6. The molecule has 1 aromatic carbocycles. The van der Waals surface area contributed by atoms with Gasteiger partial charge in [0, 0.05) is 6.54 Å². The Morgan fingerprint density at radius 1 is 1.36 bits per heavy atom. The quantitative estimate of drug-likeness (QED) is 0.806. The maximum atomic E-state index is 11.2. The molecular formula is C14H19N3O3S2. The Labute approximate surface area is 134 Å². The lowest BCUT2D eigenvalue weighted by atomic mass is 9.98. The van der Waals surface area contributed by atoms with Crippen molar-refractivity contribution in [2.24, 2.45) is 5.14 Å². The van der Waals surface area contributed by atoms with Crippen LogP contribution < -0.4 is 15.2 Å². The maximum absolute atomic E-state index is 11.2. The lowest BCUT2D eigenvalue weighted by Gasteiger charge is -2.12. The summed E-state index contributed by atoms with van der Waals surface area (Å²) in [6.45, 7) is 2.84. The molecule has 1 aromatic heterocycles. The number of ether oxygens (including phenoxy) is 1. The number of thiazole rings is 1. The van der Waals surface area contributed by atoms with Crippen molar-refractivity contribution in [3.05, 3.63) is 36.0 Å². The second kappa shape index (κ2) is 7.08. The first-order valence-electron chi connectivity index (χ1n) is 6.76. The van der Waals surface area contributed by atoms with E-state index in [9.17, 15) is 8.42 Å². The van der Waals surface area contributed by atoms with Gasteiger partial charge in [-0.1, -0.05) is 30.4 Å². The summed E-state index contributed by atoms with van der Waals surface area (Å²) in [6, 6.07) is 7.98. The minimum atomic E-state index is -3.67. The number of primary sulfonamides is 1. The molecule has 1 atom stereocenters. The molecule has 0 spiro atoms.